The van der Waals surface area contributed by atoms with E-state index in [1.807, 2.05) is 13.8 Å². The minimum Gasteiger partial charge on any atom is -0.464 e. The molecule has 5 nitrogen and oxygen atoms in total. The Kier molecular flexibility index (Phi) is 4.71. The number of esters is 1. The summed E-state index contributed by atoms with van der Waals surface area (Å²) in [6, 6.07) is 8.24. The first-order valence-corrected chi connectivity index (χ1v) is 8.36. The molecule has 1 aromatic heterocycles. The molecule has 2 aromatic rings. The number of nitrogens with zero attached hydrogens (tertiary/aromatic N) is 2. The molecule has 0 amide bonds. The number of aryl methyl sites for hydroxylation is 1. The van der Waals surface area contributed by atoms with Crippen molar-refractivity contribution in [1.29, 1.82) is 0 Å². The Labute approximate surface area is 146 Å². The molecule has 1 atom stereocenters. The highest BCUT2D eigenvalue weighted by molar-refractivity contribution is 6.35. The van der Waals surface area contributed by atoms with Gasteiger partial charge in [-0.2, -0.15) is 0 Å². The molecule has 0 aliphatic heterocycles. The number of rotatable bonds is 5. The molecule has 1 heterocycles. The minimum atomic E-state index is -0.546. The molecule has 1 fully saturated rings. The van der Waals surface area contributed by atoms with Crippen LogP contribution in [-0.4, -0.2) is 23.0 Å². The van der Waals surface area contributed by atoms with Gasteiger partial charge < -0.3 is 10.1 Å². The summed E-state index contributed by atoms with van der Waals surface area (Å²) in [5, 5.41) is 3.50. The number of halogens is 1. The molecule has 0 saturated heterocycles. The molecule has 0 radical (unpaired) electrons. The third-order valence-electron chi connectivity index (χ3n) is 4.12. The molecule has 1 N–H and O–H groups in total. The molecule has 24 heavy (non-hydrogen) atoms. The van der Waals surface area contributed by atoms with Crippen LogP contribution in [0.1, 0.15) is 59.2 Å². The van der Waals surface area contributed by atoms with Crippen LogP contribution in [0.2, 0.25) is 5.02 Å². The number of anilines is 1. The second-order valence-corrected chi connectivity index (χ2v) is 6.51. The van der Waals surface area contributed by atoms with Crippen molar-refractivity contribution in [2.75, 3.05) is 12.4 Å². The summed E-state index contributed by atoms with van der Waals surface area (Å²) < 4.78 is 4.79. The zero-order valence-corrected chi connectivity index (χ0v) is 14.7. The normalized spacial score (nSPS) is 15.0. The lowest BCUT2D eigenvalue weighted by Crippen LogP contribution is -2.14. The van der Waals surface area contributed by atoms with E-state index in [0.29, 0.717) is 17.6 Å². The Hall–Kier alpha value is -2.14. The van der Waals surface area contributed by atoms with E-state index in [2.05, 4.69) is 39.6 Å². The Balaban J connectivity index is 1.92. The Bertz CT molecular complexity index is 758. The van der Waals surface area contributed by atoms with Crippen molar-refractivity contribution in [3.05, 3.63) is 51.9 Å². The van der Waals surface area contributed by atoms with Gasteiger partial charge in [0.05, 0.1) is 7.11 Å². The Morgan fingerprint density at radius 1 is 1.29 bits per heavy atom. The lowest BCUT2D eigenvalue weighted by molar-refractivity contribution is 0.0593. The van der Waals surface area contributed by atoms with E-state index in [0.717, 1.165) is 18.4 Å². The fraction of sp³-hybridized carbons (Fsp3) is 0.389. The van der Waals surface area contributed by atoms with Gasteiger partial charge in [0, 0.05) is 12.0 Å². The molecule has 1 saturated carbocycles. The Morgan fingerprint density at radius 3 is 2.54 bits per heavy atom. The van der Waals surface area contributed by atoms with Gasteiger partial charge >= 0.3 is 5.97 Å². The first kappa shape index (κ1) is 16.7. The van der Waals surface area contributed by atoms with Crippen molar-refractivity contribution in [2.24, 2.45) is 0 Å². The third kappa shape index (κ3) is 3.51. The van der Waals surface area contributed by atoms with E-state index in [4.69, 9.17) is 16.3 Å². The summed E-state index contributed by atoms with van der Waals surface area (Å²) in [4.78, 5) is 20.8. The number of nitrogens with one attached hydrogen (secondary N) is 1. The van der Waals surface area contributed by atoms with Crippen molar-refractivity contribution >= 4 is 23.4 Å². The molecule has 0 spiro atoms. The highest BCUT2D eigenvalue weighted by atomic mass is 35.5. The van der Waals surface area contributed by atoms with Gasteiger partial charge in [0.25, 0.3) is 0 Å². The van der Waals surface area contributed by atoms with Crippen LogP contribution in [-0.2, 0) is 4.74 Å². The molecule has 0 bridgehead atoms. The number of ether oxygens (including phenoxy) is 1. The van der Waals surface area contributed by atoms with E-state index in [1.165, 1.54) is 12.7 Å². The van der Waals surface area contributed by atoms with Gasteiger partial charge in [-0.05, 0) is 32.3 Å². The summed E-state index contributed by atoms with van der Waals surface area (Å²) in [7, 11) is 1.32. The molecule has 0 unspecified atom stereocenters. The number of carbonyl (C=O) groups is 1. The smallest absolute Gasteiger partial charge is 0.358 e. The second kappa shape index (κ2) is 6.77. The maximum Gasteiger partial charge on any atom is 0.358 e. The van der Waals surface area contributed by atoms with E-state index in [-0.39, 0.29) is 16.8 Å². The highest BCUT2D eigenvalue weighted by Crippen LogP contribution is 2.40. The molecule has 126 valence electrons. The van der Waals surface area contributed by atoms with Crippen LogP contribution in [0.5, 0.6) is 0 Å². The zero-order chi connectivity index (χ0) is 17.3. The molecular formula is C18H20ClN3O2. The molecule has 1 aliphatic rings. The number of benzene rings is 1. The predicted octanol–water partition coefficient (Wildman–Crippen LogP) is 4.28. The molecule has 3 rings (SSSR count). The lowest BCUT2D eigenvalue weighted by atomic mass is 10.1. The summed E-state index contributed by atoms with van der Waals surface area (Å²) in [6.45, 7) is 4.07. The number of hydrogen-bond donors (Lipinski definition) is 1. The zero-order valence-electron chi connectivity index (χ0n) is 14.0. The molecular weight excluding hydrogens is 326 g/mol. The quantitative estimate of drug-likeness (QED) is 0.819. The van der Waals surface area contributed by atoms with E-state index >= 15 is 0 Å². The maximum absolute atomic E-state index is 12.0. The van der Waals surface area contributed by atoms with Crippen molar-refractivity contribution in [3.8, 4) is 0 Å². The first-order valence-electron chi connectivity index (χ1n) is 7.98. The summed E-state index contributed by atoms with van der Waals surface area (Å²) in [5.74, 6) is 0.886. The second-order valence-electron chi connectivity index (χ2n) is 6.14. The average molecular weight is 346 g/mol. The lowest BCUT2D eigenvalue weighted by Gasteiger charge is -2.17. The van der Waals surface area contributed by atoms with Crippen molar-refractivity contribution < 1.29 is 9.53 Å². The summed E-state index contributed by atoms with van der Waals surface area (Å²) in [6.07, 6.45) is 2.07. The van der Waals surface area contributed by atoms with Gasteiger partial charge in [-0.1, -0.05) is 41.4 Å². The van der Waals surface area contributed by atoms with Gasteiger partial charge in [0.15, 0.2) is 5.69 Å². The number of methoxy groups -OCH3 is 1. The van der Waals surface area contributed by atoms with Crippen molar-refractivity contribution in [3.63, 3.8) is 0 Å². The van der Waals surface area contributed by atoms with Crippen LogP contribution >= 0.6 is 11.6 Å². The van der Waals surface area contributed by atoms with Crippen LogP contribution in [0, 0.1) is 6.92 Å². The topological polar surface area (TPSA) is 64.1 Å². The third-order valence-corrected chi connectivity index (χ3v) is 4.48. The number of hydrogen-bond acceptors (Lipinski definition) is 5. The standard InChI is InChI=1S/C18H20ClN3O2/c1-10-4-6-12(7-5-10)11(2)20-17-14(19)15(18(23)24-3)21-16(22-17)13-8-9-13/h4-7,11,13H,8-9H2,1-3H3,(H,20,21,22)/t11-/m0/s1. The van der Waals surface area contributed by atoms with Crippen LogP contribution in [0.4, 0.5) is 5.82 Å². The molecule has 1 aliphatic carbocycles. The fourth-order valence-corrected chi connectivity index (χ4v) is 2.68. The largest absolute Gasteiger partial charge is 0.464 e. The average Bonchev–Trinajstić information content (AvgIpc) is 3.41. The molecule has 6 heteroatoms. The monoisotopic (exact) mass is 345 g/mol. The van der Waals surface area contributed by atoms with Crippen LogP contribution in [0.3, 0.4) is 0 Å². The maximum atomic E-state index is 12.0. The number of carbonyl (C=O) groups excluding carboxylic acids is 1. The number of aromatic nitrogens is 2. The van der Waals surface area contributed by atoms with Gasteiger partial charge in [-0.15, -0.1) is 0 Å². The van der Waals surface area contributed by atoms with E-state index in [9.17, 15) is 4.79 Å². The predicted molar refractivity (Wildman–Crippen MR) is 93.6 cm³/mol. The van der Waals surface area contributed by atoms with Crippen LogP contribution in [0.25, 0.3) is 0 Å². The first-order chi connectivity index (χ1) is 11.5. The van der Waals surface area contributed by atoms with Gasteiger partial charge in [-0.25, -0.2) is 14.8 Å². The van der Waals surface area contributed by atoms with E-state index < -0.39 is 5.97 Å². The summed E-state index contributed by atoms with van der Waals surface area (Å²) >= 11 is 6.35. The summed E-state index contributed by atoms with van der Waals surface area (Å²) in [5.41, 5.74) is 2.44. The van der Waals surface area contributed by atoms with Gasteiger partial charge in [0.2, 0.25) is 0 Å². The Morgan fingerprint density at radius 2 is 1.96 bits per heavy atom. The van der Waals surface area contributed by atoms with Crippen LogP contribution < -0.4 is 5.32 Å². The highest BCUT2D eigenvalue weighted by Gasteiger charge is 2.30. The van der Waals surface area contributed by atoms with Gasteiger partial charge in [-0.3, -0.25) is 0 Å². The van der Waals surface area contributed by atoms with Crippen molar-refractivity contribution in [2.45, 2.75) is 38.6 Å². The van der Waals surface area contributed by atoms with E-state index in [1.54, 1.807) is 0 Å². The van der Waals surface area contributed by atoms with Gasteiger partial charge in [0.1, 0.15) is 16.7 Å². The fourth-order valence-electron chi connectivity index (χ4n) is 2.46. The van der Waals surface area contributed by atoms with Crippen LogP contribution in [0.15, 0.2) is 24.3 Å². The van der Waals surface area contributed by atoms with Crippen molar-refractivity contribution in [1.82, 2.24) is 9.97 Å². The molecule has 1 aromatic carbocycles. The SMILES string of the molecule is COC(=O)c1nc(C2CC2)nc(N[C@@H](C)c2ccc(C)cc2)c1Cl. The minimum absolute atomic E-state index is 0.00412.